The van der Waals surface area contributed by atoms with E-state index in [1.165, 1.54) is 25.0 Å². The van der Waals surface area contributed by atoms with Gasteiger partial charge in [-0.2, -0.15) is 0 Å². The van der Waals surface area contributed by atoms with Gasteiger partial charge in [-0.05, 0) is 47.0 Å². The van der Waals surface area contributed by atoms with Gasteiger partial charge in [0.1, 0.15) is 5.82 Å². The van der Waals surface area contributed by atoms with Gasteiger partial charge in [-0.3, -0.25) is 4.79 Å². The summed E-state index contributed by atoms with van der Waals surface area (Å²) in [5, 5.41) is 0. The van der Waals surface area contributed by atoms with Gasteiger partial charge in [0.25, 0.3) is 5.91 Å². The molecule has 1 aromatic rings. The number of carbonyl (C=O) groups is 1. The fourth-order valence-corrected chi connectivity index (χ4v) is 2.67. The number of carbonyl (C=O) groups excluding carboxylic acids is 1. The minimum atomic E-state index is -0.343. The van der Waals surface area contributed by atoms with E-state index in [-0.39, 0.29) is 11.7 Å². The summed E-state index contributed by atoms with van der Waals surface area (Å²) in [6.45, 7) is 0. The number of amides is 1. The van der Waals surface area contributed by atoms with Crippen LogP contribution in [0.25, 0.3) is 0 Å². The molecule has 1 fully saturated rings. The normalized spacial score (nSPS) is 16.2. The van der Waals surface area contributed by atoms with Crippen LogP contribution in [-0.4, -0.2) is 23.9 Å². The molecular formula is C13H15BrFNO. The summed E-state index contributed by atoms with van der Waals surface area (Å²) >= 11 is 3.10. The average molecular weight is 300 g/mol. The summed E-state index contributed by atoms with van der Waals surface area (Å²) in [6, 6.07) is 4.74. The van der Waals surface area contributed by atoms with Gasteiger partial charge in [-0.25, -0.2) is 4.39 Å². The van der Waals surface area contributed by atoms with Gasteiger partial charge in [0.15, 0.2) is 0 Å². The molecule has 0 saturated heterocycles. The third-order valence-corrected chi connectivity index (χ3v) is 3.97. The number of nitrogens with zero attached hydrogens (tertiary/aromatic N) is 1. The molecule has 2 rings (SSSR count). The zero-order valence-corrected chi connectivity index (χ0v) is 11.3. The molecule has 1 aliphatic carbocycles. The van der Waals surface area contributed by atoms with Gasteiger partial charge >= 0.3 is 0 Å². The zero-order valence-electron chi connectivity index (χ0n) is 9.75. The van der Waals surface area contributed by atoms with E-state index in [9.17, 15) is 9.18 Å². The highest BCUT2D eigenvalue weighted by atomic mass is 79.9. The molecule has 0 heterocycles. The molecular weight excluding hydrogens is 285 g/mol. The van der Waals surface area contributed by atoms with Crippen LogP contribution < -0.4 is 0 Å². The fraction of sp³-hybridized carbons (Fsp3) is 0.462. The molecule has 1 amide bonds. The number of halogens is 2. The highest BCUT2D eigenvalue weighted by molar-refractivity contribution is 9.10. The van der Waals surface area contributed by atoms with Crippen LogP contribution in [-0.2, 0) is 0 Å². The topological polar surface area (TPSA) is 20.3 Å². The Kier molecular flexibility index (Phi) is 3.82. The maximum Gasteiger partial charge on any atom is 0.253 e. The van der Waals surface area contributed by atoms with Crippen LogP contribution in [0.4, 0.5) is 4.39 Å². The Hall–Kier alpha value is -0.900. The zero-order chi connectivity index (χ0) is 12.4. The number of hydrogen-bond donors (Lipinski definition) is 0. The largest absolute Gasteiger partial charge is 0.339 e. The van der Waals surface area contributed by atoms with Crippen molar-refractivity contribution < 1.29 is 9.18 Å². The summed E-state index contributed by atoms with van der Waals surface area (Å²) in [6.07, 6.45) is 4.53. The summed E-state index contributed by atoms with van der Waals surface area (Å²) in [4.78, 5) is 14.0. The van der Waals surface area contributed by atoms with Crippen LogP contribution in [0.5, 0.6) is 0 Å². The molecule has 0 bridgehead atoms. The lowest BCUT2D eigenvalue weighted by atomic mass is 10.1. The second-order valence-electron chi connectivity index (χ2n) is 4.48. The van der Waals surface area contributed by atoms with Gasteiger partial charge < -0.3 is 4.90 Å². The molecule has 17 heavy (non-hydrogen) atoms. The monoisotopic (exact) mass is 299 g/mol. The van der Waals surface area contributed by atoms with Crippen molar-refractivity contribution in [3.8, 4) is 0 Å². The smallest absolute Gasteiger partial charge is 0.253 e. The lowest BCUT2D eigenvalue weighted by molar-refractivity contribution is 0.0735. The molecule has 2 nitrogen and oxygen atoms in total. The number of benzene rings is 1. The fourth-order valence-electron chi connectivity index (χ4n) is 2.29. The molecule has 0 atom stereocenters. The molecule has 0 N–H and O–H groups in total. The van der Waals surface area contributed by atoms with Crippen LogP contribution in [0.1, 0.15) is 36.0 Å². The van der Waals surface area contributed by atoms with Crippen molar-refractivity contribution in [2.75, 3.05) is 7.05 Å². The Morgan fingerprint density at radius 1 is 1.41 bits per heavy atom. The highest BCUT2D eigenvalue weighted by Crippen LogP contribution is 2.24. The van der Waals surface area contributed by atoms with Crippen LogP contribution in [0, 0.1) is 5.82 Å². The van der Waals surface area contributed by atoms with E-state index < -0.39 is 0 Å². The van der Waals surface area contributed by atoms with Gasteiger partial charge in [0, 0.05) is 18.7 Å². The second kappa shape index (κ2) is 5.17. The SMILES string of the molecule is CN(C(=O)c1ccc(F)c(Br)c1)C1CCCC1. The molecule has 0 spiro atoms. The summed E-state index contributed by atoms with van der Waals surface area (Å²) in [5.41, 5.74) is 0.535. The van der Waals surface area contributed by atoms with Gasteiger partial charge in [0.2, 0.25) is 0 Å². The lowest BCUT2D eigenvalue weighted by Gasteiger charge is -2.24. The maximum atomic E-state index is 13.1. The van der Waals surface area contributed by atoms with Crippen molar-refractivity contribution in [1.29, 1.82) is 0 Å². The Balaban J connectivity index is 2.15. The predicted octanol–water partition coefficient (Wildman–Crippen LogP) is 3.60. The van der Waals surface area contributed by atoms with Crippen LogP contribution in [0.3, 0.4) is 0 Å². The third-order valence-electron chi connectivity index (χ3n) is 3.36. The minimum absolute atomic E-state index is 0.0300. The first-order valence-corrected chi connectivity index (χ1v) is 6.61. The van der Waals surface area contributed by atoms with E-state index in [2.05, 4.69) is 15.9 Å². The van der Waals surface area contributed by atoms with E-state index in [1.54, 1.807) is 11.0 Å². The molecule has 0 radical (unpaired) electrons. The first kappa shape index (κ1) is 12.6. The van der Waals surface area contributed by atoms with E-state index in [1.807, 2.05) is 7.05 Å². The first-order chi connectivity index (χ1) is 8.09. The van der Waals surface area contributed by atoms with Crippen molar-refractivity contribution in [1.82, 2.24) is 4.90 Å². The third kappa shape index (κ3) is 2.68. The van der Waals surface area contributed by atoms with Crippen molar-refractivity contribution >= 4 is 21.8 Å². The summed E-state index contributed by atoms with van der Waals surface area (Å²) < 4.78 is 13.4. The number of rotatable bonds is 2. The lowest BCUT2D eigenvalue weighted by Crippen LogP contribution is -2.35. The standard InChI is InChI=1S/C13H15BrFNO/c1-16(10-4-2-3-5-10)13(17)9-6-7-12(15)11(14)8-9/h6-8,10H,2-5H2,1H3. The van der Waals surface area contributed by atoms with Gasteiger partial charge in [0.05, 0.1) is 4.47 Å². The minimum Gasteiger partial charge on any atom is -0.339 e. The Morgan fingerprint density at radius 2 is 2.06 bits per heavy atom. The molecule has 92 valence electrons. The summed E-state index contributed by atoms with van der Waals surface area (Å²) in [5.74, 6) is -0.373. The van der Waals surface area contributed by atoms with Crippen molar-refractivity contribution in [2.24, 2.45) is 0 Å². The van der Waals surface area contributed by atoms with Crippen molar-refractivity contribution in [3.63, 3.8) is 0 Å². The van der Waals surface area contributed by atoms with Crippen molar-refractivity contribution in [3.05, 3.63) is 34.1 Å². The van der Waals surface area contributed by atoms with E-state index in [0.717, 1.165) is 12.8 Å². The molecule has 1 saturated carbocycles. The average Bonchev–Trinajstić information content (AvgIpc) is 2.84. The van der Waals surface area contributed by atoms with Crippen LogP contribution >= 0.6 is 15.9 Å². The highest BCUT2D eigenvalue weighted by Gasteiger charge is 2.24. The molecule has 0 unspecified atom stereocenters. The second-order valence-corrected chi connectivity index (χ2v) is 5.34. The quantitative estimate of drug-likeness (QED) is 0.817. The molecule has 4 heteroatoms. The Bertz CT molecular complexity index is 429. The van der Waals surface area contributed by atoms with E-state index in [4.69, 9.17) is 0 Å². The molecule has 1 aliphatic rings. The van der Waals surface area contributed by atoms with Crippen LogP contribution in [0.2, 0.25) is 0 Å². The van der Waals surface area contributed by atoms with Gasteiger partial charge in [-0.1, -0.05) is 12.8 Å². The Morgan fingerprint density at radius 3 is 2.65 bits per heavy atom. The van der Waals surface area contributed by atoms with Crippen LogP contribution in [0.15, 0.2) is 22.7 Å². The Labute approximate surface area is 109 Å². The molecule has 1 aromatic carbocycles. The first-order valence-electron chi connectivity index (χ1n) is 5.82. The molecule has 0 aliphatic heterocycles. The molecule has 0 aromatic heterocycles. The van der Waals surface area contributed by atoms with Crippen molar-refractivity contribution in [2.45, 2.75) is 31.7 Å². The summed E-state index contributed by atoms with van der Waals surface area (Å²) in [7, 11) is 1.83. The van der Waals surface area contributed by atoms with Gasteiger partial charge in [-0.15, -0.1) is 0 Å². The maximum absolute atomic E-state index is 13.1. The number of hydrogen-bond acceptors (Lipinski definition) is 1. The van der Waals surface area contributed by atoms with E-state index >= 15 is 0 Å². The van der Waals surface area contributed by atoms with E-state index in [0.29, 0.717) is 16.1 Å². The predicted molar refractivity (Wildman–Crippen MR) is 68.4 cm³/mol.